The SMILES string of the molecule is CSCC[C@H](NC(=O)Cc1csc(-c2cccc(Br)c2)n1)C(=O)O. The zero-order valence-electron chi connectivity index (χ0n) is 13.0. The van der Waals surface area contributed by atoms with E-state index in [2.05, 4.69) is 26.2 Å². The second-order valence-electron chi connectivity index (χ2n) is 5.07. The molecule has 1 amide bonds. The van der Waals surface area contributed by atoms with Crippen molar-refractivity contribution >= 4 is 50.9 Å². The normalized spacial score (nSPS) is 11.9. The highest BCUT2D eigenvalue weighted by atomic mass is 79.9. The fourth-order valence-corrected chi connectivity index (χ4v) is 3.73. The van der Waals surface area contributed by atoms with Crippen LogP contribution in [0.25, 0.3) is 10.6 Å². The van der Waals surface area contributed by atoms with E-state index in [0.717, 1.165) is 15.0 Å². The highest BCUT2D eigenvalue weighted by Crippen LogP contribution is 2.26. The van der Waals surface area contributed by atoms with Crippen LogP contribution in [0, 0.1) is 0 Å². The van der Waals surface area contributed by atoms with Crippen LogP contribution in [0.15, 0.2) is 34.1 Å². The molecule has 1 atom stereocenters. The van der Waals surface area contributed by atoms with Crippen molar-refractivity contribution in [2.45, 2.75) is 18.9 Å². The second kappa shape index (κ2) is 9.19. The van der Waals surface area contributed by atoms with Crippen LogP contribution >= 0.6 is 39.0 Å². The molecule has 24 heavy (non-hydrogen) atoms. The summed E-state index contributed by atoms with van der Waals surface area (Å²) >= 11 is 6.44. The maximum atomic E-state index is 12.1. The van der Waals surface area contributed by atoms with Crippen LogP contribution in [-0.2, 0) is 16.0 Å². The molecule has 0 saturated heterocycles. The quantitative estimate of drug-likeness (QED) is 0.672. The molecule has 0 fully saturated rings. The number of rotatable bonds is 8. The van der Waals surface area contributed by atoms with E-state index in [4.69, 9.17) is 5.11 Å². The van der Waals surface area contributed by atoms with Crippen LogP contribution in [0.5, 0.6) is 0 Å². The fraction of sp³-hybridized carbons (Fsp3) is 0.312. The Labute approximate surface area is 157 Å². The van der Waals surface area contributed by atoms with Gasteiger partial charge in [-0.2, -0.15) is 11.8 Å². The Bertz CT molecular complexity index is 721. The molecule has 0 spiro atoms. The van der Waals surface area contributed by atoms with E-state index >= 15 is 0 Å². The predicted molar refractivity (Wildman–Crippen MR) is 102 cm³/mol. The third kappa shape index (κ3) is 5.61. The van der Waals surface area contributed by atoms with E-state index in [1.807, 2.05) is 35.9 Å². The number of hydrogen-bond donors (Lipinski definition) is 2. The highest BCUT2D eigenvalue weighted by molar-refractivity contribution is 9.10. The number of carboxylic acids is 1. The minimum Gasteiger partial charge on any atom is -0.480 e. The van der Waals surface area contributed by atoms with Gasteiger partial charge in [-0.3, -0.25) is 4.79 Å². The lowest BCUT2D eigenvalue weighted by molar-refractivity contribution is -0.141. The van der Waals surface area contributed by atoms with Gasteiger partial charge in [0, 0.05) is 15.4 Å². The maximum absolute atomic E-state index is 12.1. The van der Waals surface area contributed by atoms with Crippen molar-refractivity contribution in [3.63, 3.8) is 0 Å². The van der Waals surface area contributed by atoms with Gasteiger partial charge in [0.1, 0.15) is 11.0 Å². The fourth-order valence-electron chi connectivity index (χ4n) is 2.05. The molecule has 2 N–H and O–H groups in total. The molecule has 0 bridgehead atoms. The van der Waals surface area contributed by atoms with Crippen LogP contribution in [0.3, 0.4) is 0 Å². The van der Waals surface area contributed by atoms with Gasteiger partial charge in [0.25, 0.3) is 0 Å². The molecule has 0 aliphatic rings. The first kappa shape index (κ1) is 19.0. The molecule has 1 heterocycles. The molecule has 2 aromatic rings. The first-order chi connectivity index (χ1) is 11.5. The molecule has 0 radical (unpaired) electrons. The topological polar surface area (TPSA) is 79.3 Å². The number of hydrogen-bond acceptors (Lipinski definition) is 5. The smallest absolute Gasteiger partial charge is 0.326 e. The highest BCUT2D eigenvalue weighted by Gasteiger charge is 2.20. The number of aromatic nitrogens is 1. The summed E-state index contributed by atoms with van der Waals surface area (Å²) in [5, 5.41) is 14.4. The Hall–Kier alpha value is -1.38. The van der Waals surface area contributed by atoms with Crippen molar-refractivity contribution < 1.29 is 14.7 Å². The van der Waals surface area contributed by atoms with Gasteiger partial charge in [0.2, 0.25) is 5.91 Å². The van der Waals surface area contributed by atoms with E-state index in [1.54, 1.807) is 11.8 Å². The zero-order chi connectivity index (χ0) is 17.5. The number of amides is 1. The lowest BCUT2D eigenvalue weighted by atomic mass is 10.2. The summed E-state index contributed by atoms with van der Waals surface area (Å²) in [6.07, 6.45) is 2.38. The second-order valence-corrected chi connectivity index (χ2v) is 7.83. The molecule has 5 nitrogen and oxygen atoms in total. The van der Waals surface area contributed by atoms with Crippen LogP contribution in [-0.4, -0.2) is 40.0 Å². The van der Waals surface area contributed by atoms with Crippen LogP contribution in [0.2, 0.25) is 0 Å². The molecule has 0 unspecified atom stereocenters. The third-order valence-corrected chi connectivity index (χ3v) is 5.29. The van der Waals surface area contributed by atoms with E-state index in [-0.39, 0.29) is 12.3 Å². The number of halogens is 1. The molecule has 0 saturated carbocycles. The van der Waals surface area contributed by atoms with Gasteiger partial charge in [0.05, 0.1) is 12.1 Å². The van der Waals surface area contributed by atoms with Crippen molar-refractivity contribution in [1.82, 2.24) is 10.3 Å². The Kier molecular flexibility index (Phi) is 7.26. The molecular formula is C16H17BrN2O3S2. The van der Waals surface area contributed by atoms with Gasteiger partial charge in [-0.25, -0.2) is 9.78 Å². The average molecular weight is 429 g/mol. The number of thioether (sulfide) groups is 1. The molecule has 8 heteroatoms. The van der Waals surface area contributed by atoms with E-state index in [9.17, 15) is 9.59 Å². The number of carboxylic acid groups (broad SMARTS) is 1. The third-order valence-electron chi connectivity index (χ3n) is 3.21. The van der Waals surface area contributed by atoms with Crippen LogP contribution in [0.1, 0.15) is 12.1 Å². The summed E-state index contributed by atoms with van der Waals surface area (Å²) in [6.45, 7) is 0. The number of nitrogens with zero attached hydrogens (tertiary/aromatic N) is 1. The molecular weight excluding hydrogens is 412 g/mol. The van der Waals surface area contributed by atoms with Crippen molar-refractivity contribution in [2.75, 3.05) is 12.0 Å². The Morgan fingerprint density at radius 2 is 2.25 bits per heavy atom. The summed E-state index contributed by atoms with van der Waals surface area (Å²) in [7, 11) is 0. The predicted octanol–water partition coefficient (Wildman–Crippen LogP) is 3.44. The van der Waals surface area contributed by atoms with Gasteiger partial charge in [0.15, 0.2) is 0 Å². The van der Waals surface area contributed by atoms with Crippen molar-refractivity contribution in [2.24, 2.45) is 0 Å². The summed E-state index contributed by atoms with van der Waals surface area (Å²) in [5.74, 6) is -0.652. The number of benzene rings is 1. The molecule has 0 aliphatic heterocycles. The number of carbonyl (C=O) groups excluding carboxylic acids is 1. The molecule has 0 aliphatic carbocycles. The summed E-state index contributed by atoms with van der Waals surface area (Å²) in [4.78, 5) is 27.7. The van der Waals surface area contributed by atoms with Gasteiger partial charge in [-0.15, -0.1) is 11.3 Å². The van der Waals surface area contributed by atoms with E-state index in [0.29, 0.717) is 17.9 Å². The number of carbonyl (C=O) groups is 2. The number of aliphatic carboxylic acids is 1. The van der Waals surface area contributed by atoms with Gasteiger partial charge >= 0.3 is 5.97 Å². The summed E-state index contributed by atoms with van der Waals surface area (Å²) in [5.41, 5.74) is 1.62. The van der Waals surface area contributed by atoms with Gasteiger partial charge < -0.3 is 10.4 Å². The minimum absolute atomic E-state index is 0.0769. The number of thiazole rings is 1. The largest absolute Gasteiger partial charge is 0.480 e. The van der Waals surface area contributed by atoms with Crippen molar-refractivity contribution in [1.29, 1.82) is 0 Å². The van der Waals surface area contributed by atoms with Gasteiger partial charge in [-0.05, 0) is 30.6 Å². The van der Waals surface area contributed by atoms with Crippen LogP contribution in [0.4, 0.5) is 0 Å². The van der Waals surface area contributed by atoms with Crippen molar-refractivity contribution in [3.05, 3.63) is 39.8 Å². The lowest BCUT2D eigenvalue weighted by Crippen LogP contribution is -2.41. The summed E-state index contributed by atoms with van der Waals surface area (Å²) < 4.78 is 0.965. The first-order valence-corrected chi connectivity index (χ1v) is 10.3. The Balaban J connectivity index is 1.98. The van der Waals surface area contributed by atoms with E-state index in [1.165, 1.54) is 11.3 Å². The van der Waals surface area contributed by atoms with Crippen LogP contribution < -0.4 is 5.32 Å². The molecule has 1 aromatic heterocycles. The Morgan fingerprint density at radius 3 is 2.92 bits per heavy atom. The molecule has 2 rings (SSSR count). The maximum Gasteiger partial charge on any atom is 0.326 e. The van der Waals surface area contributed by atoms with E-state index < -0.39 is 12.0 Å². The molecule has 1 aromatic carbocycles. The Morgan fingerprint density at radius 1 is 1.46 bits per heavy atom. The zero-order valence-corrected chi connectivity index (χ0v) is 16.2. The van der Waals surface area contributed by atoms with Gasteiger partial charge in [-0.1, -0.05) is 28.1 Å². The summed E-state index contributed by atoms with van der Waals surface area (Å²) in [6, 6.07) is 6.93. The number of nitrogens with one attached hydrogen (secondary N) is 1. The van der Waals surface area contributed by atoms with Crippen molar-refractivity contribution in [3.8, 4) is 10.6 Å². The average Bonchev–Trinajstić information content (AvgIpc) is 2.99. The monoisotopic (exact) mass is 428 g/mol. The molecule has 128 valence electrons. The standard InChI is InChI=1S/C16H17BrN2O3S2/c1-23-6-5-13(16(21)22)19-14(20)8-12-9-24-15(18-12)10-3-2-4-11(17)7-10/h2-4,7,9,13H,5-6,8H2,1H3,(H,19,20)(H,21,22)/t13-/m0/s1. The minimum atomic E-state index is -1.01. The lowest BCUT2D eigenvalue weighted by Gasteiger charge is -2.13. The first-order valence-electron chi connectivity index (χ1n) is 7.21.